The Balaban J connectivity index is 1.53. The molecule has 1 aliphatic carbocycles. The quantitative estimate of drug-likeness (QED) is 0.869. The first-order chi connectivity index (χ1) is 13.4. The van der Waals surface area contributed by atoms with Gasteiger partial charge in [-0.05, 0) is 56.2 Å². The predicted octanol–water partition coefficient (Wildman–Crippen LogP) is 3.87. The van der Waals surface area contributed by atoms with Crippen LogP contribution in [-0.2, 0) is 4.79 Å². The molecule has 0 radical (unpaired) electrons. The number of amides is 2. The summed E-state index contributed by atoms with van der Waals surface area (Å²) < 4.78 is 27.5. The number of hydrogen-bond acceptors (Lipinski definition) is 3. The van der Waals surface area contributed by atoms with Crippen molar-refractivity contribution in [1.29, 1.82) is 0 Å². The standard InChI is InChI=1S/C21H21F2N3O2/c1-12(24-20(27)13-4-6-15(22)7-5-13)17-8-9-18-19(25-17)16(23)10-11-26(18)21(28)14-2-3-14/h4-9,12,14,16H,2-3,10-11H2,1H3,(H,24,27). The average Bonchev–Trinajstić information content (AvgIpc) is 3.53. The van der Waals surface area contributed by atoms with Crippen LogP contribution in [0.25, 0.3) is 0 Å². The first-order valence-corrected chi connectivity index (χ1v) is 9.46. The second-order valence-corrected chi connectivity index (χ2v) is 7.36. The number of rotatable bonds is 4. The predicted molar refractivity (Wildman–Crippen MR) is 100 cm³/mol. The number of hydrogen-bond donors (Lipinski definition) is 1. The van der Waals surface area contributed by atoms with Crippen molar-refractivity contribution in [2.45, 2.75) is 38.4 Å². The summed E-state index contributed by atoms with van der Waals surface area (Å²) in [7, 11) is 0. The Hall–Kier alpha value is -2.83. The number of pyridine rings is 1. The molecule has 5 nitrogen and oxygen atoms in total. The molecule has 0 saturated heterocycles. The van der Waals surface area contributed by atoms with Gasteiger partial charge in [-0.3, -0.25) is 14.6 Å². The van der Waals surface area contributed by atoms with Crippen molar-refractivity contribution >= 4 is 17.5 Å². The van der Waals surface area contributed by atoms with Crippen molar-refractivity contribution in [2.24, 2.45) is 5.92 Å². The molecular weight excluding hydrogens is 364 g/mol. The van der Waals surface area contributed by atoms with Crippen LogP contribution in [0.15, 0.2) is 36.4 Å². The molecule has 0 spiro atoms. The molecule has 1 aromatic carbocycles. The van der Waals surface area contributed by atoms with Crippen LogP contribution in [0.1, 0.15) is 60.1 Å². The molecule has 2 heterocycles. The number of nitrogens with zero attached hydrogens (tertiary/aromatic N) is 2. The summed E-state index contributed by atoms with van der Waals surface area (Å²) in [5, 5.41) is 2.79. The molecule has 2 amide bonds. The van der Waals surface area contributed by atoms with Crippen molar-refractivity contribution in [3.63, 3.8) is 0 Å². The third-order valence-electron chi connectivity index (χ3n) is 5.21. The first kappa shape index (κ1) is 18.5. The minimum absolute atomic E-state index is 0.0420. The molecule has 2 aromatic rings. The number of anilines is 1. The summed E-state index contributed by atoms with van der Waals surface area (Å²) >= 11 is 0. The van der Waals surface area contributed by atoms with Crippen molar-refractivity contribution in [3.8, 4) is 0 Å². The SMILES string of the molecule is CC(NC(=O)c1ccc(F)cc1)c1ccc2c(n1)C(F)CCN2C(=O)C1CC1. The van der Waals surface area contributed by atoms with E-state index in [0.717, 1.165) is 12.8 Å². The van der Waals surface area contributed by atoms with Gasteiger partial charge in [0, 0.05) is 24.4 Å². The lowest BCUT2D eigenvalue weighted by Gasteiger charge is -2.31. The van der Waals surface area contributed by atoms with E-state index in [0.29, 0.717) is 23.5 Å². The fourth-order valence-electron chi connectivity index (χ4n) is 3.42. The molecule has 1 fully saturated rings. The molecule has 4 rings (SSSR count). The van der Waals surface area contributed by atoms with Crippen LogP contribution in [0, 0.1) is 11.7 Å². The second kappa shape index (κ2) is 7.30. The zero-order valence-electron chi connectivity index (χ0n) is 15.5. The summed E-state index contributed by atoms with van der Waals surface area (Å²) in [4.78, 5) is 30.9. The Morgan fingerprint density at radius 1 is 1.14 bits per heavy atom. The minimum Gasteiger partial charge on any atom is -0.344 e. The van der Waals surface area contributed by atoms with Gasteiger partial charge in [0.1, 0.15) is 12.0 Å². The van der Waals surface area contributed by atoms with Gasteiger partial charge < -0.3 is 10.2 Å². The molecule has 0 bridgehead atoms. The maximum Gasteiger partial charge on any atom is 0.251 e. The van der Waals surface area contributed by atoms with Gasteiger partial charge in [-0.1, -0.05) is 0 Å². The third-order valence-corrected chi connectivity index (χ3v) is 5.21. The van der Waals surface area contributed by atoms with Crippen LogP contribution < -0.4 is 10.2 Å². The van der Waals surface area contributed by atoms with E-state index in [1.54, 1.807) is 24.0 Å². The fourth-order valence-corrected chi connectivity index (χ4v) is 3.42. The van der Waals surface area contributed by atoms with Crippen molar-refractivity contribution < 1.29 is 18.4 Å². The molecule has 28 heavy (non-hydrogen) atoms. The molecule has 1 N–H and O–H groups in total. The minimum atomic E-state index is -1.24. The largest absolute Gasteiger partial charge is 0.344 e. The van der Waals surface area contributed by atoms with Gasteiger partial charge in [0.05, 0.1) is 23.1 Å². The zero-order valence-corrected chi connectivity index (χ0v) is 15.5. The maximum atomic E-state index is 14.5. The van der Waals surface area contributed by atoms with E-state index in [1.165, 1.54) is 24.3 Å². The molecular formula is C21H21F2N3O2. The van der Waals surface area contributed by atoms with Crippen LogP contribution in [0.2, 0.25) is 0 Å². The van der Waals surface area contributed by atoms with Gasteiger partial charge >= 0.3 is 0 Å². The van der Waals surface area contributed by atoms with Crippen molar-refractivity contribution in [1.82, 2.24) is 10.3 Å². The van der Waals surface area contributed by atoms with E-state index in [-0.39, 0.29) is 29.8 Å². The van der Waals surface area contributed by atoms with E-state index < -0.39 is 18.0 Å². The normalized spacial score (nSPS) is 19.7. The number of alkyl halides is 1. The lowest BCUT2D eigenvalue weighted by Crippen LogP contribution is -2.38. The summed E-state index contributed by atoms with van der Waals surface area (Å²) in [6, 6.07) is 8.19. The second-order valence-electron chi connectivity index (χ2n) is 7.36. The van der Waals surface area contributed by atoms with Gasteiger partial charge in [-0.15, -0.1) is 0 Å². The van der Waals surface area contributed by atoms with Gasteiger partial charge in [-0.25, -0.2) is 8.78 Å². The number of halogens is 2. The molecule has 2 unspecified atom stereocenters. The lowest BCUT2D eigenvalue weighted by molar-refractivity contribution is -0.119. The molecule has 1 aliphatic heterocycles. The van der Waals surface area contributed by atoms with E-state index >= 15 is 0 Å². The van der Waals surface area contributed by atoms with Crippen molar-refractivity contribution in [3.05, 3.63) is 59.2 Å². The third kappa shape index (κ3) is 3.61. The highest BCUT2D eigenvalue weighted by Crippen LogP contribution is 2.39. The van der Waals surface area contributed by atoms with Crippen LogP contribution in [0.3, 0.4) is 0 Å². The number of carbonyl (C=O) groups excluding carboxylic acids is 2. The topological polar surface area (TPSA) is 62.3 Å². The van der Waals surface area contributed by atoms with Crippen LogP contribution in [-0.4, -0.2) is 23.3 Å². The molecule has 2 atom stereocenters. The van der Waals surface area contributed by atoms with Crippen LogP contribution in [0.5, 0.6) is 0 Å². The highest BCUT2D eigenvalue weighted by molar-refractivity contribution is 5.97. The summed E-state index contributed by atoms with van der Waals surface area (Å²) in [5.41, 5.74) is 1.62. The molecule has 2 aliphatic rings. The van der Waals surface area contributed by atoms with E-state index in [4.69, 9.17) is 0 Å². The highest BCUT2D eigenvalue weighted by Gasteiger charge is 2.38. The number of benzene rings is 1. The molecule has 1 saturated carbocycles. The first-order valence-electron chi connectivity index (χ1n) is 9.46. The zero-order chi connectivity index (χ0) is 19.8. The van der Waals surface area contributed by atoms with Gasteiger partial charge in [-0.2, -0.15) is 0 Å². The Morgan fingerprint density at radius 2 is 1.86 bits per heavy atom. The number of nitrogens with one attached hydrogen (secondary N) is 1. The summed E-state index contributed by atoms with van der Waals surface area (Å²) in [5.74, 6) is -0.687. The summed E-state index contributed by atoms with van der Waals surface area (Å²) in [6.45, 7) is 2.11. The number of carbonyl (C=O) groups is 2. The number of aromatic nitrogens is 1. The lowest BCUT2D eigenvalue weighted by atomic mass is 10.0. The molecule has 146 valence electrons. The average molecular weight is 385 g/mol. The molecule has 7 heteroatoms. The Kier molecular flexibility index (Phi) is 4.83. The van der Waals surface area contributed by atoms with Gasteiger partial charge in [0.15, 0.2) is 0 Å². The Bertz CT molecular complexity index is 912. The van der Waals surface area contributed by atoms with Gasteiger partial charge in [0.2, 0.25) is 5.91 Å². The fraction of sp³-hybridized carbons (Fsp3) is 0.381. The Morgan fingerprint density at radius 3 is 2.54 bits per heavy atom. The maximum absolute atomic E-state index is 14.5. The van der Waals surface area contributed by atoms with E-state index in [2.05, 4.69) is 10.3 Å². The van der Waals surface area contributed by atoms with Crippen LogP contribution in [0.4, 0.5) is 14.5 Å². The monoisotopic (exact) mass is 385 g/mol. The Labute approximate surface area is 161 Å². The van der Waals surface area contributed by atoms with Crippen LogP contribution >= 0.6 is 0 Å². The van der Waals surface area contributed by atoms with E-state index in [1.807, 2.05) is 0 Å². The van der Waals surface area contributed by atoms with Crippen molar-refractivity contribution in [2.75, 3.05) is 11.4 Å². The summed E-state index contributed by atoms with van der Waals surface area (Å²) in [6.07, 6.45) is 0.764. The van der Waals surface area contributed by atoms with E-state index in [9.17, 15) is 18.4 Å². The smallest absolute Gasteiger partial charge is 0.251 e. The highest BCUT2D eigenvalue weighted by atomic mass is 19.1. The number of fused-ring (bicyclic) bond motifs is 1. The van der Waals surface area contributed by atoms with Gasteiger partial charge in [0.25, 0.3) is 5.91 Å². The molecule has 1 aromatic heterocycles.